The van der Waals surface area contributed by atoms with E-state index in [-0.39, 0.29) is 0 Å². The van der Waals surface area contributed by atoms with Crippen molar-refractivity contribution in [1.29, 1.82) is 0 Å². The molecule has 0 spiro atoms. The standard InChI is InChI=1S/C7H15NO2/c1-2-10-7-5-8-4-3-6-9/h6,8H,2-5,7H2,1H3. The molecule has 0 aliphatic heterocycles. The van der Waals surface area contributed by atoms with Gasteiger partial charge in [0, 0.05) is 26.1 Å². The van der Waals surface area contributed by atoms with Crippen LogP contribution in [0.1, 0.15) is 13.3 Å². The fourth-order valence-corrected chi connectivity index (χ4v) is 0.575. The van der Waals surface area contributed by atoms with E-state index in [0.717, 1.165) is 32.6 Å². The van der Waals surface area contributed by atoms with Crippen LogP contribution in [0.5, 0.6) is 0 Å². The quantitative estimate of drug-likeness (QED) is 0.411. The molecular weight excluding hydrogens is 130 g/mol. The molecule has 0 aliphatic rings. The lowest BCUT2D eigenvalue weighted by Crippen LogP contribution is -2.20. The molecule has 0 fully saturated rings. The van der Waals surface area contributed by atoms with E-state index in [1.165, 1.54) is 0 Å². The van der Waals surface area contributed by atoms with Gasteiger partial charge in [-0.3, -0.25) is 0 Å². The van der Waals surface area contributed by atoms with Gasteiger partial charge in [0.05, 0.1) is 6.61 Å². The van der Waals surface area contributed by atoms with Crippen LogP contribution in [0.3, 0.4) is 0 Å². The zero-order valence-electron chi connectivity index (χ0n) is 6.43. The summed E-state index contributed by atoms with van der Waals surface area (Å²) < 4.78 is 5.06. The lowest BCUT2D eigenvalue weighted by Gasteiger charge is -2.00. The van der Waals surface area contributed by atoms with E-state index in [0.29, 0.717) is 6.42 Å². The van der Waals surface area contributed by atoms with Crippen LogP contribution in [0.25, 0.3) is 0 Å². The maximum Gasteiger partial charge on any atom is 0.121 e. The molecule has 0 unspecified atom stereocenters. The van der Waals surface area contributed by atoms with Gasteiger partial charge in [0.15, 0.2) is 0 Å². The van der Waals surface area contributed by atoms with Crippen molar-refractivity contribution in [3.05, 3.63) is 0 Å². The number of hydrogen-bond acceptors (Lipinski definition) is 3. The Morgan fingerprint density at radius 1 is 1.50 bits per heavy atom. The minimum Gasteiger partial charge on any atom is -0.380 e. The molecule has 3 heteroatoms. The Morgan fingerprint density at radius 2 is 2.30 bits per heavy atom. The van der Waals surface area contributed by atoms with E-state index in [2.05, 4.69) is 5.32 Å². The predicted molar refractivity (Wildman–Crippen MR) is 40.0 cm³/mol. The van der Waals surface area contributed by atoms with Gasteiger partial charge >= 0.3 is 0 Å². The van der Waals surface area contributed by atoms with Gasteiger partial charge < -0.3 is 14.8 Å². The van der Waals surface area contributed by atoms with Gasteiger partial charge in [0.25, 0.3) is 0 Å². The van der Waals surface area contributed by atoms with Crippen molar-refractivity contribution >= 4 is 6.29 Å². The summed E-state index contributed by atoms with van der Waals surface area (Å²) in [6, 6.07) is 0. The summed E-state index contributed by atoms with van der Waals surface area (Å²) in [5.41, 5.74) is 0. The first-order valence-electron chi connectivity index (χ1n) is 3.64. The van der Waals surface area contributed by atoms with Crippen LogP contribution in [0.2, 0.25) is 0 Å². The smallest absolute Gasteiger partial charge is 0.121 e. The molecule has 0 amide bonds. The SMILES string of the molecule is CCOCCNCCC=O. The molecule has 0 saturated heterocycles. The van der Waals surface area contributed by atoms with Crippen LogP contribution in [-0.4, -0.2) is 32.6 Å². The molecule has 0 aliphatic carbocycles. The molecule has 0 aromatic rings. The zero-order chi connectivity index (χ0) is 7.66. The highest BCUT2D eigenvalue weighted by molar-refractivity contribution is 5.49. The molecule has 60 valence electrons. The van der Waals surface area contributed by atoms with Gasteiger partial charge in [-0.15, -0.1) is 0 Å². The van der Waals surface area contributed by atoms with Gasteiger partial charge in [-0.2, -0.15) is 0 Å². The summed E-state index contributed by atoms with van der Waals surface area (Å²) >= 11 is 0. The summed E-state index contributed by atoms with van der Waals surface area (Å²) in [6.45, 7) is 5.05. The second-order valence-electron chi connectivity index (χ2n) is 1.90. The Morgan fingerprint density at radius 3 is 2.90 bits per heavy atom. The van der Waals surface area contributed by atoms with E-state index in [1.807, 2.05) is 6.92 Å². The van der Waals surface area contributed by atoms with Gasteiger partial charge in [-0.1, -0.05) is 0 Å². The highest BCUT2D eigenvalue weighted by Gasteiger charge is 1.84. The minimum absolute atomic E-state index is 0.589. The average molecular weight is 145 g/mol. The van der Waals surface area contributed by atoms with Crippen LogP contribution in [0.15, 0.2) is 0 Å². The van der Waals surface area contributed by atoms with Crippen molar-refractivity contribution in [2.75, 3.05) is 26.3 Å². The molecule has 0 aromatic carbocycles. The fraction of sp³-hybridized carbons (Fsp3) is 0.857. The summed E-state index contributed by atoms with van der Waals surface area (Å²) in [6.07, 6.45) is 1.50. The predicted octanol–water partition coefficient (Wildman–Crippen LogP) is 0.202. The first-order valence-corrected chi connectivity index (χ1v) is 3.64. The first kappa shape index (κ1) is 9.59. The summed E-state index contributed by atoms with van der Waals surface area (Å²) in [4.78, 5) is 9.82. The Hall–Kier alpha value is -0.410. The van der Waals surface area contributed by atoms with E-state index < -0.39 is 0 Å². The van der Waals surface area contributed by atoms with Crippen molar-refractivity contribution < 1.29 is 9.53 Å². The van der Waals surface area contributed by atoms with Crippen molar-refractivity contribution in [3.8, 4) is 0 Å². The molecule has 0 saturated carbocycles. The number of carbonyl (C=O) groups is 1. The van der Waals surface area contributed by atoms with E-state index >= 15 is 0 Å². The van der Waals surface area contributed by atoms with Crippen LogP contribution in [0.4, 0.5) is 0 Å². The fourth-order valence-electron chi connectivity index (χ4n) is 0.575. The number of aldehydes is 1. The molecule has 0 aromatic heterocycles. The summed E-state index contributed by atoms with van der Waals surface area (Å²) in [7, 11) is 0. The van der Waals surface area contributed by atoms with Gasteiger partial charge in [0.2, 0.25) is 0 Å². The zero-order valence-corrected chi connectivity index (χ0v) is 6.43. The van der Waals surface area contributed by atoms with E-state index in [9.17, 15) is 4.79 Å². The highest BCUT2D eigenvalue weighted by atomic mass is 16.5. The molecule has 0 rings (SSSR count). The average Bonchev–Trinajstić information content (AvgIpc) is 1.97. The van der Waals surface area contributed by atoms with Crippen LogP contribution < -0.4 is 5.32 Å². The third-order valence-corrected chi connectivity index (χ3v) is 1.07. The lowest BCUT2D eigenvalue weighted by atomic mass is 10.4. The van der Waals surface area contributed by atoms with Gasteiger partial charge in [-0.25, -0.2) is 0 Å². The summed E-state index contributed by atoms with van der Waals surface area (Å²) in [5.74, 6) is 0. The highest BCUT2D eigenvalue weighted by Crippen LogP contribution is 1.71. The third-order valence-electron chi connectivity index (χ3n) is 1.07. The molecule has 0 atom stereocenters. The third kappa shape index (κ3) is 7.59. The monoisotopic (exact) mass is 145 g/mol. The van der Waals surface area contributed by atoms with E-state index in [1.54, 1.807) is 0 Å². The largest absolute Gasteiger partial charge is 0.380 e. The molecule has 1 N–H and O–H groups in total. The minimum atomic E-state index is 0.589. The molecule has 3 nitrogen and oxygen atoms in total. The molecule has 0 bridgehead atoms. The number of carbonyl (C=O) groups excluding carboxylic acids is 1. The van der Waals surface area contributed by atoms with Crippen LogP contribution >= 0.6 is 0 Å². The van der Waals surface area contributed by atoms with E-state index in [4.69, 9.17) is 4.74 Å². The van der Waals surface area contributed by atoms with Gasteiger partial charge in [0.1, 0.15) is 6.29 Å². The molecule has 10 heavy (non-hydrogen) atoms. The Labute approximate surface area is 61.8 Å². The molecule has 0 heterocycles. The van der Waals surface area contributed by atoms with Crippen molar-refractivity contribution in [2.24, 2.45) is 0 Å². The number of hydrogen-bond donors (Lipinski definition) is 1. The summed E-state index contributed by atoms with van der Waals surface area (Å²) in [5, 5.41) is 3.06. The maximum absolute atomic E-state index is 9.82. The van der Waals surface area contributed by atoms with Crippen molar-refractivity contribution in [3.63, 3.8) is 0 Å². The Balaban J connectivity index is 2.70. The number of ether oxygens (including phenoxy) is 1. The van der Waals surface area contributed by atoms with Gasteiger partial charge in [-0.05, 0) is 6.92 Å². The topological polar surface area (TPSA) is 38.3 Å². The first-order chi connectivity index (χ1) is 4.91. The molecule has 0 radical (unpaired) electrons. The molecular formula is C7H15NO2. The van der Waals surface area contributed by atoms with Crippen molar-refractivity contribution in [2.45, 2.75) is 13.3 Å². The Kier molecular flexibility index (Phi) is 8.24. The number of nitrogens with one attached hydrogen (secondary N) is 1. The van der Waals surface area contributed by atoms with Crippen molar-refractivity contribution in [1.82, 2.24) is 5.32 Å². The second-order valence-corrected chi connectivity index (χ2v) is 1.90. The maximum atomic E-state index is 9.82. The van der Waals surface area contributed by atoms with Crippen LogP contribution in [0, 0.1) is 0 Å². The Bertz CT molecular complexity index is 76.0. The normalized spacial score (nSPS) is 9.70. The lowest BCUT2D eigenvalue weighted by molar-refractivity contribution is -0.107. The van der Waals surface area contributed by atoms with Crippen LogP contribution in [-0.2, 0) is 9.53 Å². The second kappa shape index (κ2) is 8.59. The number of rotatable bonds is 7.